The molecule has 0 saturated heterocycles. The molecule has 0 N–H and O–H groups in total. The van der Waals surface area contributed by atoms with Crippen LogP contribution in [0.1, 0.15) is 0 Å². The van der Waals surface area contributed by atoms with Crippen molar-refractivity contribution in [2.75, 3.05) is 42.7 Å². The zero-order valence-corrected chi connectivity index (χ0v) is 21.2. The third-order valence-corrected chi connectivity index (χ3v) is 5.95. The van der Waals surface area contributed by atoms with E-state index in [0.717, 1.165) is 11.0 Å². The van der Waals surface area contributed by atoms with Gasteiger partial charge in [-0.1, -0.05) is 17.3 Å². The normalized spacial score (nSPS) is 11.0. The Morgan fingerprint density at radius 3 is 1.89 bits per heavy atom. The Labute approximate surface area is 212 Å². The molecule has 37 heavy (non-hydrogen) atoms. The summed E-state index contributed by atoms with van der Waals surface area (Å²) in [4.78, 5) is 9.79. The van der Waals surface area contributed by atoms with Crippen molar-refractivity contribution in [1.29, 1.82) is 0 Å². The number of para-hydroxylation sites is 1. The molecule has 0 saturated carbocycles. The highest BCUT2D eigenvalue weighted by Gasteiger charge is 2.24. The van der Waals surface area contributed by atoms with Crippen molar-refractivity contribution in [3.63, 3.8) is 0 Å². The van der Waals surface area contributed by atoms with Gasteiger partial charge in [-0.3, -0.25) is 0 Å². The van der Waals surface area contributed by atoms with Gasteiger partial charge < -0.3 is 28.4 Å². The Kier molecular flexibility index (Phi) is 6.26. The first-order chi connectivity index (χ1) is 18.1. The van der Waals surface area contributed by atoms with Crippen molar-refractivity contribution in [2.45, 2.75) is 0 Å². The van der Waals surface area contributed by atoms with Crippen molar-refractivity contribution in [1.82, 2.24) is 25.0 Å². The van der Waals surface area contributed by atoms with Crippen LogP contribution in [0.4, 0.5) is 0 Å². The van der Waals surface area contributed by atoms with Gasteiger partial charge in [0.15, 0.2) is 34.6 Å². The Morgan fingerprint density at radius 1 is 0.649 bits per heavy atom. The number of hydrogen-bond acceptors (Lipinski definition) is 10. The third-order valence-electron chi connectivity index (χ3n) is 5.95. The molecule has 0 aliphatic rings. The predicted molar refractivity (Wildman–Crippen MR) is 137 cm³/mol. The fraction of sp³-hybridized carbons (Fsp3) is 0.231. The van der Waals surface area contributed by atoms with Crippen LogP contribution in [0.2, 0.25) is 0 Å². The van der Waals surface area contributed by atoms with E-state index in [0.29, 0.717) is 62.6 Å². The summed E-state index contributed by atoms with van der Waals surface area (Å²) >= 11 is 0. The molecular weight excluding hydrogens is 478 g/mol. The number of nitrogens with zero attached hydrogens (tertiary/aromatic N) is 5. The Balaban J connectivity index is 1.90. The summed E-state index contributed by atoms with van der Waals surface area (Å²) in [6.07, 6.45) is 0. The van der Waals surface area contributed by atoms with Crippen LogP contribution >= 0.6 is 0 Å². The van der Waals surface area contributed by atoms with Crippen LogP contribution in [0.25, 0.3) is 39.1 Å². The van der Waals surface area contributed by atoms with Crippen LogP contribution in [0.15, 0.2) is 42.5 Å². The van der Waals surface area contributed by atoms with Gasteiger partial charge in [0.25, 0.3) is 0 Å². The highest BCUT2D eigenvalue weighted by Crippen LogP contribution is 2.45. The number of benzene rings is 3. The minimum absolute atomic E-state index is 0.367. The maximum absolute atomic E-state index is 5.76. The molecule has 0 unspecified atom stereocenters. The molecule has 2 aromatic heterocycles. The number of aromatic nitrogens is 5. The quantitative estimate of drug-likeness (QED) is 0.307. The van der Waals surface area contributed by atoms with Gasteiger partial charge in [0, 0.05) is 5.56 Å². The number of ether oxygens (including phenoxy) is 6. The summed E-state index contributed by atoms with van der Waals surface area (Å²) < 4.78 is 35.2. The van der Waals surface area contributed by atoms with Crippen LogP contribution in [-0.4, -0.2) is 67.6 Å². The summed E-state index contributed by atoms with van der Waals surface area (Å²) in [5, 5.41) is 9.33. The van der Waals surface area contributed by atoms with Gasteiger partial charge >= 0.3 is 0 Å². The highest BCUT2D eigenvalue weighted by atomic mass is 16.5. The Hall–Kier alpha value is -4.80. The number of rotatable bonds is 8. The second-order valence-electron chi connectivity index (χ2n) is 7.82. The van der Waals surface area contributed by atoms with E-state index >= 15 is 0 Å². The lowest BCUT2D eigenvalue weighted by Crippen LogP contribution is -2.06. The van der Waals surface area contributed by atoms with Gasteiger partial charge in [-0.2, -0.15) is 4.68 Å². The fourth-order valence-electron chi connectivity index (χ4n) is 4.24. The van der Waals surface area contributed by atoms with Gasteiger partial charge in [-0.05, 0) is 30.3 Å². The van der Waals surface area contributed by atoms with Gasteiger partial charge in [-0.15, -0.1) is 5.10 Å². The van der Waals surface area contributed by atoms with Gasteiger partial charge in [0.2, 0.25) is 11.5 Å². The standard InChI is InChI=1S/C26H25N5O6/c1-32-18-11-14(12-19(33-2)22(18)35-4)25-27-21-15(13-20(34-3)23(36-5)24(21)37-6)26(28-25)31-17-10-8-7-9-16(17)29-30-31/h7-13H,1-6H3. The van der Waals surface area contributed by atoms with Crippen molar-refractivity contribution in [3.05, 3.63) is 42.5 Å². The Morgan fingerprint density at radius 2 is 1.27 bits per heavy atom. The molecule has 3 aromatic carbocycles. The minimum atomic E-state index is 0.367. The summed E-state index contributed by atoms with van der Waals surface area (Å²) in [7, 11) is 9.29. The predicted octanol–water partition coefficient (Wildman–Crippen LogP) is 4.08. The third kappa shape index (κ3) is 3.84. The van der Waals surface area contributed by atoms with Crippen LogP contribution in [0.5, 0.6) is 34.5 Å². The lowest BCUT2D eigenvalue weighted by atomic mass is 10.1. The zero-order valence-electron chi connectivity index (χ0n) is 21.2. The second kappa shape index (κ2) is 9.69. The van der Waals surface area contributed by atoms with Crippen LogP contribution < -0.4 is 28.4 Å². The zero-order chi connectivity index (χ0) is 26.1. The van der Waals surface area contributed by atoms with E-state index < -0.39 is 0 Å². The van der Waals surface area contributed by atoms with E-state index in [-0.39, 0.29) is 0 Å². The van der Waals surface area contributed by atoms with Gasteiger partial charge in [-0.25, -0.2) is 9.97 Å². The average Bonchev–Trinajstić information content (AvgIpc) is 3.38. The second-order valence-corrected chi connectivity index (χ2v) is 7.82. The van der Waals surface area contributed by atoms with Crippen LogP contribution in [-0.2, 0) is 0 Å². The SMILES string of the molecule is COc1cc(-c2nc(-n3nnc4ccccc43)c3cc(OC)c(OC)c(OC)c3n2)cc(OC)c1OC. The molecule has 0 amide bonds. The topological polar surface area (TPSA) is 112 Å². The average molecular weight is 504 g/mol. The summed E-state index contributed by atoms with van der Waals surface area (Å²) in [6.45, 7) is 0. The molecule has 0 spiro atoms. The molecule has 5 aromatic rings. The molecule has 190 valence electrons. The first kappa shape index (κ1) is 23.9. The molecule has 0 aliphatic carbocycles. The highest BCUT2D eigenvalue weighted by molar-refractivity contribution is 5.96. The molecule has 0 atom stereocenters. The van der Waals surface area contributed by atoms with Crippen molar-refractivity contribution in [3.8, 4) is 51.7 Å². The molecule has 0 fully saturated rings. The van der Waals surface area contributed by atoms with Crippen LogP contribution in [0, 0.1) is 0 Å². The van der Waals surface area contributed by atoms with E-state index in [4.69, 9.17) is 38.4 Å². The largest absolute Gasteiger partial charge is 0.493 e. The lowest BCUT2D eigenvalue weighted by molar-refractivity contribution is 0.324. The first-order valence-electron chi connectivity index (χ1n) is 11.2. The molecule has 0 bridgehead atoms. The summed E-state index contributed by atoms with van der Waals surface area (Å²) in [5.41, 5.74) is 2.61. The van der Waals surface area contributed by atoms with Crippen molar-refractivity contribution >= 4 is 21.9 Å². The monoisotopic (exact) mass is 503 g/mol. The maximum atomic E-state index is 5.76. The molecule has 0 aliphatic heterocycles. The number of hydrogen-bond donors (Lipinski definition) is 0. The summed E-state index contributed by atoms with van der Waals surface area (Å²) in [6, 6.07) is 13.0. The smallest absolute Gasteiger partial charge is 0.205 e. The number of fused-ring (bicyclic) bond motifs is 2. The maximum Gasteiger partial charge on any atom is 0.205 e. The minimum Gasteiger partial charge on any atom is -0.493 e. The van der Waals surface area contributed by atoms with E-state index in [1.807, 2.05) is 24.3 Å². The molecule has 11 nitrogen and oxygen atoms in total. The van der Waals surface area contributed by atoms with Crippen LogP contribution in [0.3, 0.4) is 0 Å². The first-order valence-corrected chi connectivity index (χ1v) is 11.2. The summed E-state index contributed by atoms with van der Waals surface area (Å²) in [5.74, 6) is 3.48. The number of methoxy groups -OCH3 is 6. The van der Waals surface area contributed by atoms with Gasteiger partial charge in [0.05, 0.1) is 53.6 Å². The van der Waals surface area contributed by atoms with E-state index in [1.165, 1.54) is 0 Å². The van der Waals surface area contributed by atoms with Gasteiger partial charge in [0.1, 0.15) is 11.0 Å². The van der Waals surface area contributed by atoms with Crippen molar-refractivity contribution in [2.24, 2.45) is 0 Å². The lowest BCUT2D eigenvalue weighted by Gasteiger charge is -2.17. The van der Waals surface area contributed by atoms with E-state index in [9.17, 15) is 0 Å². The van der Waals surface area contributed by atoms with Crippen molar-refractivity contribution < 1.29 is 28.4 Å². The van der Waals surface area contributed by atoms with E-state index in [2.05, 4.69) is 10.3 Å². The molecule has 5 rings (SSSR count). The molecule has 11 heteroatoms. The molecule has 2 heterocycles. The fourth-order valence-corrected chi connectivity index (χ4v) is 4.24. The van der Waals surface area contributed by atoms with E-state index in [1.54, 1.807) is 65.5 Å². The molecular formula is C26H25N5O6. The Bertz CT molecular complexity index is 1590. The molecule has 0 radical (unpaired) electrons.